The van der Waals surface area contributed by atoms with E-state index in [9.17, 15) is 0 Å². The van der Waals surface area contributed by atoms with Gasteiger partial charge < -0.3 is 5.73 Å². The van der Waals surface area contributed by atoms with E-state index in [0.717, 1.165) is 12.0 Å². The maximum atomic E-state index is 5.66. The maximum absolute atomic E-state index is 5.66. The largest absolute Gasteiger partial charge is 0.324 e. The molecule has 0 unspecified atom stereocenters. The van der Waals surface area contributed by atoms with Crippen LogP contribution in [-0.2, 0) is 6.42 Å². The van der Waals surface area contributed by atoms with Gasteiger partial charge in [-0.3, -0.25) is 4.98 Å². The van der Waals surface area contributed by atoms with Crippen molar-refractivity contribution < 1.29 is 1.43 Å². The summed E-state index contributed by atoms with van der Waals surface area (Å²) in [5.41, 5.74) is 6.81. The number of rotatable bonds is 3. The first-order valence-electron chi connectivity index (χ1n) is 5.60. The SMILES string of the molecule is C=C[C@@H](N)Cc1cccnc1.CC.CC.[HH]. The molecule has 1 heterocycles. The lowest BCUT2D eigenvalue weighted by Crippen LogP contribution is -2.19. The van der Waals surface area contributed by atoms with Crippen molar-refractivity contribution in [3.63, 3.8) is 0 Å². The van der Waals surface area contributed by atoms with E-state index in [1.807, 2.05) is 46.0 Å². The first-order chi connectivity index (χ1) is 7.33. The van der Waals surface area contributed by atoms with Crippen molar-refractivity contribution in [1.82, 2.24) is 4.98 Å². The first kappa shape index (κ1) is 16.3. The Kier molecular flexibility index (Phi) is 14.0. The van der Waals surface area contributed by atoms with Gasteiger partial charge in [0.15, 0.2) is 0 Å². The third-order valence-corrected chi connectivity index (χ3v) is 1.50. The molecule has 2 nitrogen and oxygen atoms in total. The summed E-state index contributed by atoms with van der Waals surface area (Å²) in [6.45, 7) is 11.6. The van der Waals surface area contributed by atoms with Gasteiger partial charge in [-0.05, 0) is 18.1 Å². The van der Waals surface area contributed by atoms with Crippen molar-refractivity contribution in [3.05, 3.63) is 42.7 Å². The number of hydrogen-bond acceptors (Lipinski definition) is 2. The van der Waals surface area contributed by atoms with Gasteiger partial charge in [0.25, 0.3) is 0 Å². The van der Waals surface area contributed by atoms with Crippen LogP contribution in [0.5, 0.6) is 0 Å². The minimum Gasteiger partial charge on any atom is -0.324 e. The second-order valence-electron chi connectivity index (χ2n) is 2.46. The number of hydrogen-bond donors (Lipinski definition) is 1. The number of nitrogens with zero attached hydrogens (tertiary/aromatic N) is 1. The van der Waals surface area contributed by atoms with Gasteiger partial charge in [0.1, 0.15) is 0 Å². The van der Waals surface area contributed by atoms with Gasteiger partial charge in [0, 0.05) is 19.9 Å². The maximum Gasteiger partial charge on any atom is 0.0300 e. The lowest BCUT2D eigenvalue weighted by atomic mass is 10.1. The molecule has 1 rings (SSSR count). The zero-order valence-corrected chi connectivity index (χ0v) is 10.4. The van der Waals surface area contributed by atoms with Gasteiger partial charge >= 0.3 is 0 Å². The number of nitrogens with two attached hydrogens (primary N) is 1. The Morgan fingerprint density at radius 2 is 2.07 bits per heavy atom. The van der Waals surface area contributed by atoms with Crippen LogP contribution >= 0.6 is 0 Å². The van der Waals surface area contributed by atoms with Gasteiger partial charge in [-0.2, -0.15) is 0 Å². The monoisotopic (exact) mass is 210 g/mol. The molecule has 2 heteroatoms. The summed E-state index contributed by atoms with van der Waals surface area (Å²) in [6, 6.07) is 3.96. The van der Waals surface area contributed by atoms with Gasteiger partial charge in [-0.1, -0.05) is 39.8 Å². The highest BCUT2D eigenvalue weighted by atomic mass is 14.6. The summed E-state index contributed by atoms with van der Waals surface area (Å²) >= 11 is 0. The van der Waals surface area contributed by atoms with Crippen molar-refractivity contribution in [2.24, 2.45) is 5.73 Å². The highest BCUT2D eigenvalue weighted by molar-refractivity contribution is 5.11. The lowest BCUT2D eigenvalue weighted by molar-refractivity contribution is 0.808. The van der Waals surface area contributed by atoms with E-state index < -0.39 is 0 Å². The molecule has 0 spiro atoms. The Bertz CT molecular complexity index is 225. The highest BCUT2D eigenvalue weighted by Crippen LogP contribution is 1.99. The molecule has 0 aliphatic rings. The van der Waals surface area contributed by atoms with Crippen LogP contribution in [0.2, 0.25) is 0 Å². The van der Waals surface area contributed by atoms with Gasteiger partial charge in [-0.25, -0.2) is 0 Å². The molecule has 0 aliphatic carbocycles. The Morgan fingerprint density at radius 1 is 1.47 bits per heavy atom. The van der Waals surface area contributed by atoms with Crippen LogP contribution in [0.15, 0.2) is 37.2 Å². The van der Waals surface area contributed by atoms with Crippen LogP contribution in [0.3, 0.4) is 0 Å². The van der Waals surface area contributed by atoms with Crippen LogP contribution in [-0.4, -0.2) is 11.0 Å². The second kappa shape index (κ2) is 12.8. The smallest absolute Gasteiger partial charge is 0.0300 e. The molecule has 1 atom stereocenters. The van der Waals surface area contributed by atoms with E-state index in [0.29, 0.717) is 0 Å². The molecule has 88 valence electrons. The average Bonchev–Trinajstić information content (AvgIpc) is 2.35. The summed E-state index contributed by atoms with van der Waals surface area (Å²) in [5, 5.41) is 0. The van der Waals surface area contributed by atoms with Crippen molar-refractivity contribution in [2.75, 3.05) is 0 Å². The summed E-state index contributed by atoms with van der Waals surface area (Å²) in [4.78, 5) is 3.98. The molecule has 0 aliphatic heterocycles. The van der Waals surface area contributed by atoms with Crippen molar-refractivity contribution in [2.45, 2.75) is 40.2 Å². The molecular formula is C13H26N2. The fourth-order valence-corrected chi connectivity index (χ4v) is 0.874. The number of pyridine rings is 1. The molecular weight excluding hydrogens is 184 g/mol. The van der Waals surface area contributed by atoms with E-state index in [1.165, 1.54) is 0 Å². The van der Waals surface area contributed by atoms with E-state index >= 15 is 0 Å². The van der Waals surface area contributed by atoms with E-state index in [2.05, 4.69) is 11.6 Å². The van der Waals surface area contributed by atoms with E-state index in [1.54, 1.807) is 12.3 Å². The summed E-state index contributed by atoms with van der Waals surface area (Å²) in [5.74, 6) is 0. The first-order valence-corrected chi connectivity index (χ1v) is 5.60. The van der Waals surface area contributed by atoms with Crippen LogP contribution in [0.25, 0.3) is 0 Å². The Balaban J connectivity index is -0.000000305. The molecule has 0 saturated carbocycles. The predicted molar refractivity (Wildman–Crippen MR) is 70.9 cm³/mol. The van der Waals surface area contributed by atoms with Gasteiger partial charge in [-0.15, -0.1) is 6.58 Å². The van der Waals surface area contributed by atoms with Gasteiger partial charge in [0.05, 0.1) is 0 Å². The molecule has 0 aromatic carbocycles. The zero-order valence-electron chi connectivity index (χ0n) is 10.4. The van der Waals surface area contributed by atoms with E-state index in [-0.39, 0.29) is 7.47 Å². The standard InChI is InChI=1S/C9H12N2.2C2H6.H2/c1-2-9(10)6-8-4-3-5-11-7-8;2*1-2;/h2-5,7,9H,1,6,10H2;2*1-2H3;1H/t9-;;;/m1.../s1. The molecule has 15 heavy (non-hydrogen) atoms. The fraction of sp³-hybridized carbons (Fsp3) is 0.462. The molecule has 0 saturated heterocycles. The molecule has 0 radical (unpaired) electrons. The van der Waals surface area contributed by atoms with Crippen LogP contribution in [0.4, 0.5) is 0 Å². The third-order valence-electron chi connectivity index (χ3n) is 1.50. The fourth-order valence-electron chi connectivity index (χ4n) is 0.874. The van der Waals surface area contributed by atoms with Crippen molar-refractivity contribution >= 4 is 0 Å². The molecule has 1 aromatic rings. The predicted octanol–water partition coefficient (Wildman–Crippen LogP) is 3.44. The Hall–Kier alpha value is -1.15. The van der Waals surface area contributed by atoms with Crippen molar-refractivity contribution in [3.8, 4) is 0 Å². The topological polar surface area (TPSA) is 38.9 Å². The van der Waals surface area contributed by atoms with E-state index in [4.69, 9.17) is 5.73 Å². The Morgan fingerprint density at radius 3 is 2.47 bits per heavy atom. The normalized spacial score (nSPS) is 9.93. The van der Waals surface area contributed by atoms with Gasteiger partial charge in [0.2, 0.25) is 0 Å². The quantitative estimate of drug-likeness (QED) is 0.776. The summed E-state index contributed by atoms with van der Waals surface area (Å²) in [6.07, 6.45) is 6.14. The minimum absolute atomic E-state index is 0. The lowest BCUT2D eigenvalue weighted by Gasteiger charge is -2.03. The third kappa shape index (κ3) is 9.16. The molecule has 0 amide bonds. The average molecular weight is 210 g/mol. The summed E-state index contributed by atoms with van der Waals surface area (Å²) in [7, 11) is 0. The summed E-state index contributed by atoms with van der Waals surface area (Å²) < 4.78 is 0. The molecule has 0 fully saturated rings. The van der Waals surface area contributed by atoms with Crippen LogP contribution in [0, 0.1) is 0 Å². The zero-order chi connectivity index (χ0) is 12.1. The van der Waals surface area contributed by atoms with Crippen molar-refractivity contribution in [1.29, 1.82) is 0 Å². The molecule has 1 aromatic heterocycles. The molecule has 2 N–H and O–H groups in total. The van der Waals surface area contributed by atoms with Crippen LogP contribution in [0.1, 0.15) is 34.7 Å². The number of aromatic nitrogens is 1. The van der Waals surface area contributed by atoms with Crippen LogP contribution < -0.4 is 5.73 Å². The molecule has 0 bridgehead atoms. The minimum atomic E-state index is 0. The highest BCUT2D eigenvalue weighted by Gasteiger charge is 1.97. The Labute approximate surface area is 95.7 Å². The second-order valence-corrected chi connectivity index (χ2v) is 2.46.